The molecule has 0 radical (unpaired) electrons. The predicted molar refractivity (Wildman–Crippen MR) is 47.7 cm³/mol. The standard InChI is InChI=1S/C10H16O2/c1-6(2)10-7(3)8(11)4-5-9(10)12/h7,9-10,12H,1,4-5H2,2-3H3/t7-,9+,10-/m1/s1. The van der Waals surface area contributed by atoms with Crippen LogP contribution in [0.1, 0.15) is 26.7 Å². The second kappa shape index (κ2) is 3.40. The van der Waals surface area contributed by atoms with E-state index in [9.17, 15) is 9.90 Å². The summed E-state index contributed by atoms with van der Waals surface area (Å²) in [4.78, 5) is 11.3. The molecule has 0 amide bonds. The first-order valence-electron chi connectivity index (χ1n) is 4.40. The smallest absolute Gasteiger partial charge is 0.136 e. The molecule has 1 saturated carbocycles. The van der Waals surface area contributed by atoms with Gasteiger partial charge in [0.2, 0.25) is 0 Å². The maximum Gasteiger partial charge on any atom is 0.136 e. The first-order valence-corrected chi connectivity index (χ1v) is 4.40. The molecule has 0 unspecified atom stereocenters. The van der Waals surface area contributed by atoms with Crippen LogP contribution in [0.5, 0.6) is 0 Å². The summed E-state index contributed by atoms with van der Waals surface area (Å²) < 4.78 is 0. The Morgan fingerprint density at radius 3 is 2.67 bits per heavy atom. The number of Topliss-reactive ketones (excluding diaryl/α,β-unsaturated/α-hetero) is 1. The van der Waals surface area contributed by atoms with Gasteiger partial charge in [-0.05, 0) is 13.3 Å². The van der Waals surface area contributed by atoms with Crippen LogP contribution in [0.4, 0.5) is 0 Å². The molecule has 0 bridgehead atoms. The van der Waals surface area contributed by atoms with Gasteiger partial charge >= 0.3 is 0 Å². The largest absolute Gasteiger partial charge is 0.392 e. The van der Waals surface area contributed by atoms with Crippen LogP contribution in [0.2, 0.25) is 0 Å². The Hall–Kier alpha value is -0.630. The van der Waals surface area contributed by atoms with E-state index in [4.69, 9.17) is 0 Å². The van der Waals surface area contributed by atoms with E-state index in [-0.39, 0.29) is 23.7 Å². The van der Waals surface area contributed by atoms with Crippen LogP contribution in [0.15, 0.2) is 12.2 Å². The zero-order valence-corrected chi connectivity index (χ0v) is 7.71. The third-order valence-corrected chi connectivity index (χ3v) is 2.72. The van der Waals surface area contributed by atoms with Crippen LogP contribution in [0.25, 0.3) is 0 Å². The molecule has 1 aliphatic carbocycles. The Morgan fingerprint density at radius 1 is 1.67 bits per heavy atom. The maximum absolute atomic E-state index is 11.3. The van der Waals surface area contributed by atoms with Crippen molar-refractivity contribution < 1.29 is 9.90 Å². The summed E-state index contributed by atoms with van der Waals surface area (Å²) in [6, 6.07) is 0. The molecule has 0 aromatic rings. The molecular weight excluding hydrogens is 152 g/mol. The fraction of sp³-hybridized carbons (Fsp3) is 0.700. The summed E-state index contributed by atoms with van der Waals surface area (Å²) in [6.45, 7) is 7.56. The fourth-order valence-electron chi connectivity index (χ4n) is 1.99. The molecule has 0 aromatic heterocycles. The van der Waals surface area contributed by atoms with Crippen LogP contribution in [0, 0.1) is 11.8 Å². The van der Waals surface area contributed by atoms with E-state index in [1.165, 1.54) is 0 Å². The monoisotopic (exact) mass is 168 g/mol. The van der Waals surface area contributed by atoms with Gasteiger partial charge in [0.05, 0.1) is 6.10 Å². The third-order valence-electron chi connectivity index (χ3n) is 2.72. The SMILES string of the molecule is C=C(C)[C@@H]1[C@H](C)C(=O)CC[C@@H]1O. The van der Waals surface area contributed by atoms with E-state index in [0.29, 0.717) is 12.8 Å². The van der Waals surface area contributed by atoms with Crippen molar-refractivity contribution >= 4 is 5.78 Å². The van der Waals surface area contributed by atoms with Crippen LogP contribution < -0.4 is 0 Å². The summed E-state index contributed by atoms with van der Waals surface area (Å²) in [5.41, 5.74) is 0.919. The highest BCUT2D eigenvalue weighted by molar-refractivity contribution is 5.82. The summed E-state index contributed by atoms with van der Waals surface area (Å²) in [6.07, 6.45) is 0.752. The van der Waals surface area contributed by atoms with Crippen molar-refractivity contribution in [1.29, 1.82) is 0 Å². The van der Waals surface area contributed by atoms with Gasteiger partial charge in [-0.25, -0.2) is 0 Å². The van der Waals surface area contributed by atoms with E-state index < -0.39 is 0 Å². The minimum atomic E-state index is -0.366. The van der Waals surface area contributed by atoms with Gasteiger partial charge in [-0.15, -0.1) is 0 Å². The van der Waals surface area contributed by atoms with E-state index in [1.807, 2.05) is 13.8 Å². The fourth-order valence-corrected chi connectivity index (χ4v) is 1.99. The second-order valence-corrected chi connectivity index (χ2v) is 3.73. The molecule has 1 rings (SSSR count). The lowest BCUT2D eigenvalue weighted by Crippen LogP contribution is -2.37. The maximum atomic E-state index is 11.3. The first kappa shape index (κ1) is 9.46. The molecule has 0 heterocycles. The molecule has 1 fully saturated rings. The highest BCUT2D eigenvalue weighted by Crippen LogP contribution is 2.31. The molecule has 1 aliphatic rings. The van der Waals surface area contributed by atoms with Gasteiger partial charge in [0.25, 0.3) is 0 Å². The second-order valence-electron chi connectivity index (χ2n) is 3.73. The van der Waals surface area contributed by atoms with Gasteiger partial charge in [0.15, 0.2) is 0 Å². The van der Waals surface area contributed by atoms with Gasteiger partial charge < -0.3 is 5.11 Å². The molecule has 2 nitrogen and oxygen atoms in total. The number of hydrogen-bond donors (Lipinski definition) is 1. The predicted octanol–water partition coefficient (Wildman–Crippen LogP) is 1.54. The number of ketones is 1. The Labute approximate surface area is 73.3 Å². The molecule has 68 valence electrons. The Bertz CT molecular complexity index is 208. The van der Waals surface area contributed by atoms with Crippen molar-refractivity contribution in [3.63, 3.8) is 0 Å². The van der Waals surface area contributed by atoms with E-state index in [0.717, 1.165) is 5.57 Å². The van der Waals surface area contributed by atoms with Crippen LogP contribution in [-0.4, -0.2) is 17.0 Å². The van der Waals surface area contributed by atoms with Gasteiger partial charge in [-0.1, -0.05) is 19.1 Å². The number of aliphatic hydroxyl groups excluding tert-OH is 1. The molecule has 12 heavy (non-hydrogen) atoms. The van der Waals surface area contributed by atoms with Gasteiger partial charge in [0, 0.05) is 18.3 Å². The van der Waals surface area contributed by atoms with Crippen LogP contribution >= 0.6 is 0 Å². The van der Waals surface area contributed by atoms with Crippen LogP contribution in [-0.2, 0) is 4.79 Å². The van der Waals surface area contributed by atoms with Crippen molar-refractivity contribution in [3.8, 4) is 0 Å². The van der Waals surface area contributed by atoms with Crippen LogP contribution in [0.3, 0.4) is 0 Å². The summed E-state index contributed by atoms with van der Waals surface area (Å²) >= 11 is 0. The summed E-state index contributed by atoms with van der Waals surface area (Å²) in [5, 5.41) is 9.61. The minimum Gasteiger partial charge on any atom is -0.392 e. The highest BCUT2D eigenvalue weighted by Gasteiger charge is 2.34. The molecule has 1 N–H and O–H groups in total. The zero-order chi connectivity index (χ0) is 9.30. The number of aliphatic hydroxyl groups is 1. The number of carbonyl (C=O) groups is 1. The lowest BCUT2D eigenvalue weighted by Gasteiger charge is -2.32. The minimum absolute atomic E-state index is 0.0220. The lowest BCUT2D eigenvalue weighted by atomic mass is 9.74. The molecule has 0 aromatic carbocycles. The van der Waals surface area contributed by atoms with Crippen molar-refractivity contribution in [2.45, 2.75) is 32.8 Å². The van der Waals surface area contributed by atoms with Gasteiger partial charge in [0.1, 0.15) is 5.78 Å². The number of rotatable bonds is 1. The highest BCUT2D eigenvalue weighted by atomic mass is 16.3. The summed E-state index contributed by atoms with van der Waals surface area (Å²) in [5.74, 6) is 0.186. The topological polar surface area (TPSA) is 37.3 Å². The van der Waals surface area contributed by atoms with Crippen molar-refractivity contribution in [2.75, 3.05) is 0 Å². The van der Waals surface area contributed by atoms with E-state index in [1.54, 1.807) is 0 Å². The molecule has 3 atom stereocenters. The molecule has 0 spiro atoms. The normalized spacial score (nSPS) is 36.6. The van der Waals surface area contributed by atoms with Gasteiger partial charge in [-0.3, -0.25) is 4.79 Å². The molecule has 2 heteroatoms. The van der Waals surface area contributed by atoms with E-state index >= 15 is 0 Å². The Morgan fingerprint density at radius 2 is 2.25 bits per heavy atom. The zero-order valence-electron chi connectivity index (χ0n) is 7.71. The number of hydrogen-bond acceptors (Lipinski definition) is 2. The lowest BCUT2D eigenvalue weighted by molar-refractivity contribution is -0.128. The summed E-state index contributed by atoms with van der Waals surface area (Å²) in [7, 11) is 0. The van der Waals surface area contributed by atoms with Crippen molar-refractivity contribution in [1.82, 2.24) is 0 Å². The first-order chi connectivity index (χ1) is 5.54. The third kappa shape index (κ3) is 1.58. The molecular formula is C10H16O2. The average Bonchev–Trinajstić information content (AvgIpc) is 1.97. The Kier molecular flexibility index (Phi) is 2.68. The number of carbonyl (C=O) groups excluding carboxylic acids is 1. The Balaban J connectivity index is 2.78. The van der Waals surface area contributed by atoms with Gasteiger partial charge in [-0.2, -0.15) is 0 Å². The van der Waals surface area contributed by atoms with Crippen molar-refractivity contribution in [2.24, 2.45) is 11.8 Å². The molecule has 0 saturated heterocycles. The van der Waals surface area contributed by atoms with E-state index in [2.05, 4.69) is 6.58 Å². The molecule has 0 aliphatic heterocycles. The quantitative estimate of drug-likeness (QED) is 0.603. The van der Waals surface area contributed by atoms with Crippen molar-refractivity contribution in [3.05, 3.63) is 12.2 Å². The average molecular weight is 168 g/mol.